The van der Waals surface area contributed by atoms with Gasteiger partial charge in [-0.05, 0) is 45.0 Å². The molecule has 0 N–H and O–H groups in total. The highest BCUT2D eigenvalue weighted by Crippen LogP contribution is 2.25. The van der Waals surface area contributed by atoms with Gasteiger partial charge in [0.05, 0.1) is 5.69 Å². The largest absolute Gasteiger partial charge is 0.381 e. The topological polar surface area (TPSA) is 25.4 Å². The number of pyridine rings is 1. The third-order valence-corrected chi connectivity index (χ3v) is 3.79. The Labute approximate surface area is 117 Å². The fraction of sp³-hybridized carbons (Fsp3) is 0.688. The number of aromatic nitrogens is 1. The molecule has 1 aromatic heterocycles. The zero-order chi connectivity index (χ0) is 13.5. The van der Waals surface area contributed by atoms with Crippen molar-refractivity contribution in [1.29, 1.82) is 0 Å². The molecule has 3 nitrogen and oxygen atoms in total. The van der Waals surface area contributed by atoms with Crippen molar-refractivity contribution >= 4 is 0 Å². The summed E-state index contributed by atoms with van der Waals surface area (Å²) in [5.74, 6) is 0.592. The van der Waals surface area contributed by atoms with Crippen LogP contribution in [0.25, 0.3) is 0 Å². The van der Waals surface area contributed by atoms with Gasteiger partial charge in [-0.2, -0.15) is 0 Å². The lowest BCUT2D eigenvalue weighted by Crippen LogP contribution is -2.20. The van der Waals surface area contributed by atoms with Crippen LogP contribution in [0.2, 0.25) is 0 Å². The van der Waals surface area contributed by atoms with Gasteiger partial charge in [-0.25, -0.2) is 0 Å². The van der Waals surface area contributed by atoms with Crippen molar-refractivity contribution in [3.8, 4) is 0 Å². The summed E-state index contributed by atoms with van der Waals surface area (Å²) in [7, 11) is 2.18. The van der Waals surface area contributed by atoms with E-state index >= 15 is 0 Å². The van der Waals surface area contributed by atoms with E-state index in [1.165, 1.54) is 24.2 Å². The number of unbranched alkanes of at least 4 members (excludes halogenated alkanes) is 1. The van der Waals surface area contributed by atoms with Crippen LogP contribution in [0.15, 0.2) is 18.2 Å². The first-order chi connectivity index (χ1) is 9.29. The standard InChI is InChI=1S/C16H26N2O/c1-3-4-10-18(2)13-15-6-5-7-16(17-15)14-8-11-19-12-9-14/h5-7,14H,3-4,8-13H2,1-2H3. The molecule has 1 aromatic rings. The van der Waals surface area contributed by atoms with Crippen molar-refractivity contribution in [2.45, 2.75) is 45.1 Å². The molecular weight excluding hydrogens is 236 g/mol. The van der Waals surface area contributed by atoms with Gasteiger partial charge in [0.15, 0.2) is 0 Å². The number of hydrogen-bond acceptors (Lipinski definition) is 3. The Morgan fingerprint density at radius 3 is 2.84 bits per heavy atom. The van der Waals surface area contributed by atoms with Gasteiger partial charge in [-0.1, -0.05) is 19.4 Å². The van der Waals surface area contributed by atoms with Gasteiger partial charge in [0.1, 0.15) is 0 Å². The molecule has 1 aliphatic rings. The minimum absolute atomic E-state index is 0.592. The van der Waals surface area contributed by atoms with E-state index in [1.54, 1.807) is 0 Å². The number of nitrogens with zero attached hydrogens (tertiary/aromatic N) is 2. The van der Waals surface area contributed by atoms with Crippen LogP contribution in [-0.4, -0.2) is 36.7 Å². The summed E-state index contributed by atoms with van der Waals surface area (Å²) in [4.78, 5) is 7.21. The predicted molar refractivity (Wildman–Crippen MR) is 78.3 cm³/mol. The predicted octanol–water partition coefficient (Wildman–Crippen LogP) is 3.21. The maximum atomic E-state index is 5.42. The Balaban J connectivity index is 1.94. The number of ether oxygens (including phenoxy) is 1. The van der Waals surface area contributed by atoms with Crippen LogP contribution in [0.3, 0.4) is 0 Å². The maximum Gasteiger partial charge on any atom is 0.0547 e. The highest BCUT2D eigenvalue weighted by atomic mass is 16.5. The summed E-state index contributed by atoms with van der Waals surface area (Å²) in [6.07, 6.45) is 4.74. The zero-order valence-corrected chi connectivity index (χ0v) is 12.3. The Morgan fingerprint density at radius 1 is 1.32 bits per heavy atom. The molecule has 0 radical (unpaired) electrons. The molecule has 0 atom stereocenters. The van der Waals surface area contributed by atoms with Crippen LogP contribution >= 0.6 is 0 Å². The van der Waals surface area contributed by atoms with Crippen LogP contribution < -0.4 is 0 Å². The summed E-state index contributed by atoms with van der Waals surface area (Å²) in [5, 5.41) is 0. The van der Waals surface area contributed by atoms with Crippen molar-refractivity contribution in [2.24, 2.45) is 0 Å². The van der Waals surface area contributed by atoms with E-state index in [4.69, 9.17) is 9.72 Å². The third-order valence-electron chi connectivity index (χ3n) is 3.79. The Morgan fingerprint density at radius 2 is 2.11 bits per heavy atom. The minimum atomic E-state index is 0.592. The van der Waals surface area contributed by atoms with Gasteiger partial charge in [0.25, 0.3) is 0 Å². The maximum absolute atomic E-state index is 5.42. The lowest BCUT2D eigenvalue weighted by atomic mass is 9.96. The van der Waals surface area contributed by atoms with E-state index in [1.807, 2.05) is 0 Å². The van der Waals surface area contributed by atoms with E-state index in [9.17, 15) is 0 Å². The second kappa shape index (κ2) is 7.61. The summed E-state index contributed by atoms with van der Waals surface area (Å²) < 4.78 is 5.42. The summed E-state index contributed by atoms with van der Waals surface area (Å²) in [5.41, 5.74) is 2.45. The monoisotopic (exact) mass is 262 g/mol. The first-order valence-corrected chi connectivity index (χ1v) is 7.51. The molecule has 106 valence electrons. The Kier molecular flexibility index (Phi) is 5.80. The lowest BCUT2D eigenvalue weighted by Gasteiger charge is -2.22. The molecule has 0 unspecified atom stereocenters. The van der Waals surface area contributed by atoms with Crippen LogP contribution in [0.4, 0.5) is 0 Å². The molecule has 0 bridgehead atoms. The minimum Gasteiger partial charge on any atom is -0.381 e. The fourth-order valence-electron chi connectivity index (χ4n) is 2.59. The summed E-state index contributed by atoms with van der Waals surface area (Å²) in [6.45, 7) is 6.11. The van der Waals surface area contributed by atoms with Crippen LogP contribution in [0.1, 0.15) is 49.9 Å². The third kappa shape index (κ3) is 4.59. The fourth-order valence-corrected chi connectivity index (χ4v) is 2.59. The second-order valence-corrected chi connectivity index (χ2v) is 5.53. The number of hydrogen-bond donors (Lipinski definition) is 0. The molecule has 0 spiro atoms. The van der Waals surface area contributed by atoms with E-state index in [0.29, 0.717) is 5.92 Å². The molecule has 0 saturated carbocycles. The highest BCUT2D eigenvalue weighted by Gasteiger charge is 2.17. The van der Waals surface area contributed by atoms with Crippen molar-refractivity contribution in [2.75, 3.05) is 26.8 Å². The van der Waals surface area contributed by atoms with Crippen LogP contribution in [-0.2, 0) is 11.3 Å². The summed E-state index contributed by atoms with van der Waals surface area (Å²) in [6, 6.07) is 6.47. The Hall–Kier alpha value is -0.930. The molecular formula is C16H26N2O. The summed E-state index contributed by atoms with van der Waals surface area (Å²) >= 11 is 0. The van der Waals surface area contributed by atoms with Gasteiger partial charge in [0, 0.05) is 31.4 Å². The number of rotatable bonds is 6. The SMILES string of the molecule is CCCCN(C)Cc1cccc(C2CCOCC2)n1. The van der Waals surface area contributed by atoms with Crippen molar-refractivity contribution in [1.82, 2.24) is 9.88 Å². The van der Waals surface area contributed by atoms with E-state index in [2.05, 4.69) is 37.1 Å². The van der Waals surface area contributed by atoms with E-state index < -0.39 is 0 Å². The lowest BCUT2D eigenvalue weighted by molar-refractivity contribution is 0.0844. The molecule has 19 heavy (non-hydrogen) atoms. The Bertz CT molecular complexity index is 375. The van der Waals surface area contributed by atoms with Crippen molar-refractivity contribution in [3.63, 3.8) is 0 Å². The molecule has 1 saturated heterocycles. The van der Waals surface area contributed by atoms with Gasteiger partial charge in [-0.15, -0.1) is 0 Å². The van der Waals surface area contributed by atoms with Crippen LogP contribution in [0, 0.1) is 0 Å². The molecule has 0 amide bonds. The molecule has 0 aliphatic carbocycles. The average Bonchev–Trinajstić information content (AvgIpc) is 2.46. The quantitative estimate of drug-likeness (QED) is 0.787. The van der Waals surface area contributed by atoms with Crippen molar-refractivity contribution < 1.29 is 4.74 Å². The van der Waals surface area contributed by atoms with Crippen LogP contribution in [0.5, 0.6) is 0 Å². The van der Waals surface area contributed by atoms with E-state index in [0.717, 1.165) is 39.1 Å². The average molecular weight is 262 g/mol. The molecule has 1 fully saturated rings. The first-order valence-electron chi connectivity index (χ1n) is 7.51. The molecule has 2 rings (SSSR count). The zero-order valence-electron chi connectivity index (χ0n) is 12.3. The first kappa shape index (κ1) is 14.5. The van der Waals surface area contributed by atoms with Gasteiger partial charge in [-0.3, -0.25) is 4.98 Å². The molecule has 0 aromatic carbocycles. The molecule has 2 heterocycles. The van der Waals surface area contributed by atoms with Gasteiger partial charge >= 0.3 is 0 Å². The second-order valence-electron chi connectivity index (χ2n) is 5.53. The highest BCUT2D eigenvalue weighted by molar-refractivity contribution is 5.15. The van der Waals surface area contributed by atoms with Gasteiger partial charge < -0.3 is 9.64 Å². The molecule has 1 aliphatic heterocycles. The molecule has 3 heteroatoms. The normalized spacial score (nSPS) is 17.0. The van der Waals surface area contributed by atoms with Crippen molar-refractivity contribution in [3.05, 3.63) is 29.6 Å². The smallest absolute Gasteiger partial charge is 0.0547 e. The van der Waals surface area contributed by atoms with Gasteiger partial charge in [0.2, 0.25) is 0 Å². The van der Waals surface area contributed by atoms with E-state index in [-0.39, 0.29) is 0 Å².